The lowest BCUT2D eigenvalue weighted by Gasteiger charge is -2.30. The second-order valence-corrected chi connectivity index (χ2v) is 10.0. The summed E-state index contributed by atoms with van der Waals surface area (Å²) in [4.78, 5) is 12.6. The molecule has 30 heavy (non-hydrogen) atoms. The summed E-state index contributed by atoms with van der Waals surface area (Å²) in [5, 5.41) is 4.04. The third-order valence-electron chi connectivity index (χ3n) is 4.91. The predicted molar refractivity (Wildman–Crippen MR) is 122 cm³/mol. The summed E-state index contributed by atoms with van der Waals surface area (Å²) in [5.41, 5.74) is 4.55. The van der Waals surface area contributed by atoms with Gasteiger partial charge in [-0.2, -0.15) is 9.41 Å². The topological polar surface area (TPSA) is 78.8 Å². The smallest absolute Gasteiger partial charge is 0.243 e. The van der Waals surface area contributed by atoms with Crippen LogP contribution in [0.25, 0.3) is 6.08 Å². The van der Waals surface area contributed by atoms with Gasteiger partial charge in [0.2, 0.25) is 15.9 Å². The zero-order valence-electron chi connectivity index (χ0n) is 16.7. The molecule has 1 amide bonds. The largest absolute Gasteiger partial charge is 0.273 e. The van der Waals surface area contributed by atoms with Crippen molar-refractivity contribution in [1.29, 1.82) is 0 Å². The number of nitrogens with one attached hydrogen (secondary N) is 1. The van der Waals surface area contributed by atoms with Gasteiger partial charge in [-0.3, -0.25) is 4.79 Å². The third kappa shape index (κ3) is 5.87. The molecule has 0 saturated carbocycles. The number of hydrazone groups is 1. The molecule has 0 bridgehead atoms. The lowest BCUT2D eigenvalue weighted by atomic mass is 9.98. The summed E-state index contributed by atoms with van der Waals surface area (Å²) in [5.74, 6) is -0.434. The summed E-state index contributed by atoms with van der Waals surface area (Å²) in [6.45, 7) is 2.54. The number of halogens is 1. The van der Waals surface area contributed by atoms with E-state index >= 15 is 0 Å². The van der Waals surface area contributed by atoms with Crippen molar-refractivity contribution < 1.29 is 13.2 Å². The zero-order valence-corrected chi connectivity index (χ0v) is 19.1. The van der Waals surface area contributed by atoms with Crippen molar-refractivity contribution in [2.75, 3.05) is 13.1 Å². The van der Waals surface area contributed by atoms with Crippen LogP contribution in [0.2, 0.25) is 0 Å². The van der Waals surface area contributed by atoms with Gasteiger partial charge in [-0.05, 0) is 55.2 Å². The van der Waals surface area contributed by atoms with Gasteiger partial charge in [-0.15, -0.1) is 0 Å². The Hall–Kier alpha value is -2.29. The van der Waals surface area contributed by atoms with E-state index in [1.165, 1.54) is 4.31 Å². The fraction of sp³-hybridized carbons (Fsp3) is 0.273. The van der Waals surface area contributed by atoms with Gasteiger partial charge in [0, 0.05) is 23.5 Å². The molecule has 0 atom stereocenters. The molecule has 1 aliphatic rings. The number of sulfonamides is 1. The van der Waals surface area contributed by atoms with Gasteiger partial charge >= 0.3 is 0 Å². The highest BCUT2D eigenvalue weighted by Crippen LogP contribution is 2.25. The molecule has 8 heteroatoms. The highest BCUT2D eigenvalue weighted by atomic mass is 79.9. The molecule has 2 aromatic carbocycles. The van der Waals surface area contributed by atoms with E-state index < -0.39 is 10.0 Å². The van der Waals surface area contributed by atoms with Crippen LogP contribution in [-0.2, 0) is 14.8 Å². The van der Waals surface area contributed by atoms with E-state index in [2.05, 4.69) is 26.5 Å². The fourth-order valence-corrected chi connectivity index (χ4v) is 4.99. The Morgan fingerprint density at radius 2 is 1.73 bits per heavy atom. The van der Waals surface area contributed by atoms with Crippen LogP contribution < -0.4 is 5.43 Å². The second kappa shape index (κ2) is 10.1. The fourth-order valence-electron chi connectivity index (χ4n) is 3.25. The van der Waals surface area contributed by atoms with Crippen LogP contribution in [0.1, 0.15) is 25.3 Å². The van der Waals surface area contributed by atoms with E-state index in [9.17, 15) is 13.2 Å². The number of hydrogen-bond donors (Lipinski definition) is 1. The molecule has 0 aromatic heterocycles. The minimum absolute atomic E-state index is 0.181. The van der Waals surface area contributed by atoms with Gasteiger partial charge in [-0.1, -0.05) is 52.3 Å². The highest BCUT2D eigenvalue weighted by Gasteiger charge is 2.32. The summed E-state index contributed by atoms with van der Waals surface area (Å²) >= 11 is 3.31. The van der Waals surface area contributed by atoms with E-state index in [4.69, 9.17) is 0 Å². The summed E-state index contributed by atoms with van der Waals surface area (Å²) in [7, 11) is -3.54. The van der Waals surface area contributed by atoms with Gasteiger partial charge in [-0.25, -0.2) is 13.8 Å². The number of hydrogen-bond acceptors (Lipinski definition) is 4. The minimum atomic E-state index is -3.54. The average molecular weight is 490 g/mol. The molecule has 1 saturated heterocycles. The van der Waals surface area contributed by atoms with Gasteiger partial charge in [0.05, 0.1) is 11.1 Å². The first kappa shape index (κ1) is 22.4. The first-order chi connectivity index (χ1) is 14.4. The minimum Gasteiger partial charge on any atom is -0.273 e. The van der Waals surface area contributed by atoms with Crippen LogP contribution in [-0.4, -0.2) is 37.9 Å². The molecule has 6 nitrogen and oxygen atoms in total. The Labute approximate surface area is 185 Å². The molecule has 2 aromatic rings. The Kier molecular flexibility index (Phi) is 7.58. The van der Waals surface area contributed by atoms with E-state index in [0.29, 0.717) is 25.9 Å². The molecule has 0 unspecified atom stereocenters. The molecule has 0 aliphatic carbocycles. The number of rotatable bonds is 6. The van der Waals surface area contributed by atoms with Gasteiger partial charge in [0.15, 0.2) is 0 Å². The molecule has 158 valence electrons. The van der Waals surface area contributed by atoms with Crippen LogP contribution in [0, 0.1) is 5.92 Å². The maximum Gasteiger partial charge on any atom is 0.243 e. The maximum absolute atomic E-state index is 12.8. The van der Waals surface area contributed by atoms with Gasteiger partial charge < -0.3 is 0 Å². The van der Waals surface area contributed by atoms with Gasteiger partial charge in [0.25, 0.3) is 0 Å². The van der Waals surface area contributed by atoms with Crippen LogP contribution in [0.5, 0.6) is 0 Å². The summed E-state index contributed by atoms with van der Waals surface area (Å²) in [6.07, 6.45) is 4.52. The standard InChI is InChI=1S/C22H24BrN3O3S/c1-17(15-18-5-3-2-4-6-18)16-24-25-22(27)19-11-13-26(14-12-19)30(28,29)21-9-7-20(23)8-10-21/h2-10,15-16,19H,11-14H2,1H3,(H,25,27)/b17-15+,24-16-. The molecular formula is C22H24BrN3O3S. The quantitative estimate of drug-likeness (QED) is 0.490. The van der Waals surface area contributed by atoms with E-state index in [1.54, 1.807) is 30.5 Å². The molecule has 0 radical (unpaired) electrons. The molecule has 3 rings (SSSR count). The molecule has 1 aliphatic heterocycles. The summed E-state index contributed by atoms with van der Waals surface area (Å²) < 4.78 is 27.8. The van der Waals surface area contributed by atoms with Crippen molar-refractivity contribution in [3.8, 4) is 0 Å². The Balaban J connectivity index is 1.51. The van der Waals surface area contributed by atoms with Crippen LogP contribution >= 0.6 is 15.9 Å². The number of piperidine rings is 1. The van der Waals surface area contributed by atoms with Gasteiger partial charge in [0.1, 0.15) is 0 Å². The molecular weight excluding hydrogens is 466 g/mol. The van der Waals surface area contributed by atoms with Crippen molar-refractivity contribution in [2.45, 2.75) is 24.7 Å². The number of carbonyl (C=O) groups excluding carboxylic acids is 1. The first-order valence-corrected chi connectivity index (χ1v) is 11.9. The van der Waals surface area contributed by atoms with Crippen molar-refractivity contribution in [3.63, 3.8) is 0 Å². The predicted octanol–water partition coefficient (Wildman–Crippen LogP) is 4.06. The van der Waals surface area contributed by atoms with E-state index in [-0.39, 0.29) is 16.7 Å². The monoisotopic (exact) mass is 489 g/mol. The Morgan fingerprint density at radius 1 is 1.10 bits per heavy atom. The SMILES string of the molecule is CC(/C=N\NC(=O)C1CCN(S(=O)(=O)c2ccc(Br)cc2)CC1)=C\c1ccccc1. The number of amides is 1. The zero-order chi connectivity index (χ0) is 21.6. The lowest BCUT2D eigenvalue weighted by molar-refractivity contribution is -0.126. The maximum atomic E-state index is 12.8. The molecule has 1 heterocycles. The number of carbonyl (C=O) groups is 1. The average Bonchev–Trinajstić information content (AvgIpc) is 2.75. The lowest BCUT2D eigenvalue weighted by Crippen LogP contribution is -2.42. The Morgan fingerprint density at radius 3 is 2.37 bits per heavy atom. The summed E-state index contributed by atoms with van der Waals surface area (Å²) in [6, 6.07) is 16.4. The number of allylic oxidation sites excluding steroid dienone is 1. The van der Waals surface area contributed by atoms with Crippen LogP contribution in [0.3, 0.4) is 0 Å². The van der Waals surface area contributed by atoms with Crippen molar-refractivity contribution in [2.24, 2.45) is 11.0 Å². The van der Waals surface area contributed by atoms with Crippen LogP contribution in [0.15, 0.2) is 74.6 Å². The number of nitrogens with zero attached hydrogens (tertiary/aromatic N) is 2. The van der Waals surface area contributed by atoms with Crippen molar-refractivity contribution in [3.05, 3.63) is 70.2 Å². The highest BCUT2D eigenvalue weighted by molar-refractivity contribution is 9.10. The van der Waals surface area contributed by atoms with Crippen molar-refractivity contribution in [1.82, 2.24) is 9.73 Å². The first-order valence-electron chi connectivity index (χ1n) is 9.68. The van der Waals surface area contributed by atoms with E-state index in [0.717, 1.165) is 15.6 Å². The van der Waals surface area contributed by atoms with E-state index in [1.807, 2.05) is 43.3 Å². The van der Waals surface area contributed by atoms with Crippen molar-refractivity contribution >= 4 is 44.2 Å². The second-order valence-electron chi connectivity index (χ2n) is 7.17. The van der Waals surface area contributed by atoms with Crippen LogP contribution in [0.4, 0.5) is 0 Å². The Bertz CT molecular complexity index is 1030. The third-order valence-corrected chi connectivity index (χ3v) is 7.35. The molecule has 0 spiro atoms. The number of benzene rings is 2. The molecule has 1 fully saturated rings. The normalized spacial score (nSPS) is 16.7. The molecule has 1 N–H and O–H groups in total.